The lowest BCUT2D eigenvalue weighted by Crippen LogP contribution is -2.38. The van der Waals surface area contributed by atoms with Crippen molar-refractivity contribution in [1.29, 1.82) is 0 Å². The predicted molar refractivity (Wildman–Crippen MR) is 152 cm³/mol. The van der Waals surface area contributed by atoms with Crippen LogP contribution in [0.25, 0.3) is 0 Å². The zero-order valence-electron chi connectivity index (χ0n) is 18.7. The third-order valence-electron chi connectivity index (χ3n) is 5.43. The fraction of sp³-hybridized carbons (Fsp3) is 0.417. The topological polar surface area (TPSA) is 92.3 Å². The highest BCUT2D eigenvalue weighted by atomic mass is 127. The lowest BCUT2D eigenvalue weighted by molar-refractivity contribution is -0.116. The van der Waals surface area contributed by atoms with Gasteiger partial charge in [-0.25, -0.2) is 8.42 Å². The van der Waals surface area contributed by atoms with Crippen LogP contribution in [-0.4, -0.2) is 38.6 Å². The van der Waals surface area contributed by atoms with Crippen molar-refractivity contribution in [1.82, 2.24) is 0 Å². The summed E-state index contributed by atoms with van der Waals surface area (Å²) in [6, 6.07) is 18.2. The van der Waals surface area contributed by atoms with Crippen LogP contribution in [0, 0.1) is 0 Å². The fourth-order valence-electron chi connectivity index (χ4n) is 3.50. The van der Waals surface area contributed by atoms with Gasteiger partial charge in [-0.2, -0.15) is 0 Å². The summed E-state index contributed by atoms with van der Waals surface area (Å²) in [7, 11) is -3.54. The lowest BCUT2D eigenvalue weighted by Gasteiger charge is -2.25. The van der Waals surface area contributed by atoms with Crippen molar-refractivity contribution in [2.75, 3.05) is 10.6 Å². The van der Waals surface area contributed by atoms with E-state index in [0.717, 1.165) is 0 Å². The zero-order valence-corrected chi connectivity index (χ0v) is 23.8. The van der Waals surface area contributed by atoms with Crippen LogP contribution in [0.15, 0.2) is 60.7 Å². The Bertz CT molecular complexity index is 928. The van der Waals surface area contributed by atoms with Gasteiger partial charge in [-0.05, 0) is 49.9 Å². The van der Waals surface area contributed by atoms with Crippen LogP contribution in [0.1, 0.15) is 39.5 Å². The fourth-order valence-corrected chi connectivity index (χ4v) is 8.12. The van der Waals surface area contributed by atoms with Gasteiger partial charge in [0.15, 0.2) is 9.84 Å². The maximum atomic E-state index is 13.5. The molecule has 0 saturated heterocycles. The van der Waals surface area contributed by atoms with E-state index in [2.05, 4.69) is 10.6 Å². The quantitative estimate of drug-likeness (QED) is 0.223. The number of halogens is 2. The molecule has 2 N–H and O–H groups in total. The summed E-state index contributed by atoms with van der Waals surface area (Å²) in [6.07, 6.45) is 1.30. The van der Waals surface area contributed by atoms with E-state index in [-0.39, 0.29) is 24.7 Å². The number of hydrogen-bond acceptors (Lipinski definition) is 4. The van der Waals surface area contributed by atoms with E-state index in [1.165, 1.54) is 0 Å². The zero-order chi connectivity index (χ0) is 24.4. The number of rotatable bonds is 12. The van der Waals surface area contributed by atoms with Crippen LogP contribution < -0.4 is 10.6 Å². The molecule has 0 aliphatic rings. The summed E-state index contributed by atoms with van der Waals surface area (Å²) in [5, 5.41) is 4.39. The molecular weight excluding hydrogens is 666 g/mol. The Hall–Kier alpha value is -1.21. The molecule has 180 valence electrons. The molecule has 0 radical (unpaired) electrons. The molecule has 33 heavy (non-hydrogen) atoms. The minimum atomic E-state index is -3.54. The number of sulfone groups is 1. The van der Waals surface area contributed by atoms with Crippen molar-refractivity contribution in [3.63, 3.8) is 0 Å². The molecule has 2 aromatic carbocycles. The number of para-hydroxylation sites is 2. The Kier molecular flexibility index (Phi) is 11.6. The lowest BCUT2D eigenvalue weighted by atomic mass is 10.1. The number of benzene rings is 2. The van der Waals surface area contributed by atoms with Gasteiger partial charge in [-0.3, -0.25) is 9.59 Å². The Balaban J connectivity index is 2.03. The largest absolute Gasteiger partial charge is 0.325 e. The standard InChI is InChI=1S/C24H30I2N2O4S/c1-3-19(15-21(25)23(29)27-17-11-7-5-8-12-17)33(31,32)20(4-2)16-22(26)24(30)28-18-13-9-6-10-14-18/h5-14,19-22H,3-4,15-16H2,1-2H3,(H,27,29)(H,28,30). The van der Waals surface area contributed by atoms with Crippen molar-refractivity contribution >= 4 is 78.2 Å². The SMILES string of the molecule is CCC(CC(I)C(=O)Nc1ccccc1)S(=O)(=O)C(CC)CC(I)C(=O)Nc1ccccc1. The number of anilines is 2. The second-order valence-electron chi connectivity index (χ2n) is 7.77. The summed E-state index contributed by atoms with van der Waals surface area (Å²) in [6.45, 7) is 3.66. The summed E-state index contributed by atoms with van der Waals surface area (Å²) in [5.41, 5.74) is 1.37. The second-order valence-corrected chi connectivity index (χ2v) is 13.3. The molecule has 0 heterocycles. The van der Waals surface area contributed by atoms with Crippen LogP contribution in [0.3, 0.4) is 0 Å². The van der Waals surface area contributed by atoms with E-state index in [1.807, 2.05) is 95.4 Å². The number of alkyl halides is 2. The van der Waals surface area contributed by atoms with Gasteiger partial charge in [0.1, 0.15) is 0 Å². The highest BCUT2D eigenvalue weighted by Crippen LogP contribution is 2.28. The molecule has 4 atom stereocenters. The molecule has 0 aromatic heterocycles. The van der Waals surface area contributed by atoms with Crippen LogP contribution in [0.5, 0.6) is 0 Å². The molecule has 0 saturated carbocycles. The molecule has 4 unspecified atom stereocenters. The van der Waals surface area contributed by atoms with Crippen molar-refractivity contribution in [3.05, 3.63) is 60.7 Å². The molecule has 0 aliphatic carbocycles. The minimum Gasteiger partial charge on any atom is -0.325 e. The number of carbonyl (C=O) groups excluding carboxylic acids is 2. The highest BCUT2D eigenvalue weighted by molar-refractivity contribution is 14.1. The Labute approximate surface area is 223 Å². The first-order chi connectivity index (χ1) is 15.7. The smallest absolute Gasteiger partial charge is 0.237 e. The van der Waals surface area contributed by atoms with Gasteiger partial charge in [0.05, 0.1) is 18.3 Å². The molecule has 0 fully saturated rings. The van der Waals surface area contributed by atoms with Gasteiger partial charge in [0, 0.05) is 11.4 Å². The molecule has 0 aliphatic heterocycles. The summed E-state index contributed by atoms with van der Waals surface area (Å²) < 4.78 is 25.9. The van der Waals surface area contributed by atoms with E-state index in [0.29, 0.717) is 24.2 Å². The first-order valence-corrected chi connectivity index (χ1v) is 15.0. The van der Waals surface area contributed by atoms with E-state index in [9.17, 15) is 18.0 Å². The van der Waals surface area contributed by atoms with Gasteiger partial charge in [0.25, 0.3) is 0 Å². The van der Waals surface area contributed by atoms with Crippen molar-refractivity contribution in [3.8, 4) is 0 Å². The predicted octanol–water partition coefficient (Wildman–Crippen LogP) is 5.62. The molecule has 9 heteroatoms. The van der Waals surface area contributed by atoms with Gasteiger partial charge in [-0.1, -0.05) is 95.4 Å². The Morgan fingerprint density at radius 3 is 1.36 bits per heavy atom. The molecular formula is C24H30I2N2O4S. The number of hydrogen-bond donors (Lipinski definition) is 2. The summed E-state index contributed by atoms with van der Waals surface area (Å²) in [4.78, 5) is 25.2. The van der Waals surface area contributed by atoms with Crippen LogP contribution in [0.4, 0.5) is 11.4 Å². The van der Waals surface area contributed by atoms with Crippen LogP contribution in [0.2, 0.25) is 0 Å². The number of nitrogens with one attached hydrogen (secondary N) is 2. The molecule has 0 bridgehead atoms. The van der Waals surface area contributed by atoms with E-state index >= 15 is 0 Å². The minimum absolute atomic E-state index is 0.211. The van der Waals surface area contributed by atoms with E-state index in [4.69, 9.17) is 0 Å². The molecule has 6 nitrogen and oxygen atoms in total. The molecule has 2 amide bonds. The average molecular weight is 696 g/mol. The van der Waals surface area contributed by atoms with Gasteiger partial charge in [-0.15, -0.1) is 0 Å². The second kappa shape index (κ2) is 13.6. The number of amides is 2. The number of carbonyl (C=O) groups is 2. The van der Waals surface area contributed by atoms with Gasteiger partial charge < -0.3 is 10.6 Å². The normalized spacial score (nSPS) is 15.2. The first kappa shape index (κ1) is 28.0. The van der Waals surface area contributed by atoms with Crippen molar-refractivity contribution in [2.45, 2.75) is 57.9 Å². The summed E-state index contributed by atoms with van der Waals surface area (Å²) in [5.74, 6) is -0.421. The Morgan fingerprint density at radius 2 is 1.06 bits per heavy atom. The maximum Gasteiger partial charge on any atom is 0.237 e. The molecule has 2 aromatic rings. The highest BCUT2D eigenvalue weighted by Gasteiger charge is 2.36. The maximum absolute atomic E-state index is 13.5. The molecule has 2 rings (SSSR count). The first-order valence-electron chi connectivity index (χ1n) is 10.9. The third-order valence-corrected chi connectivity index (χ3v) is 10.5. The Morgan fingerprint density at radius 1 is 0.727 bits per heavy atom. The third kappa shape index (κ3) is 8.50. The van der Waals surface area contributed by atoms with Crippen LogP contribution in [-0.2, 0) is 19.4 Å². The monoisotopic (exact) mass is 696 g/mol. The average Bonchev–Trinajstić information content (AvgIpc) is 2.81. The van der Waals surface area contributed by atoms with Gasteiger partial charge in [0.2, 0.25) is 11.8 Å². The van der Waals surface area contributed by atoms with E-state index in [1.54, 1.807) is 24.3 Å². The van der Waals surface area contributed by atoms with Crippen molar-refractivity contribution < 1.29 is 18.0 Å². The van der Waals surface area contributed by atoms with Crippen molar-refractivity contribution in [2.24, 2.45) is 0 Å². The van der Waals surface area contributed by atoms with Crippen LogP contribution >= 0.6 is 45.2 Å². The van der Waals surface area contributed by atoms with Gasteiger partial charge >= 0.3 is 0 Å². The summed E-state index contributed by atoms with van der Waals surface area (Å²) >= 11 is 4.03. The molecule has 0 spiro atoms. The van der Waals surface area contributed by atoms with E-state index < -0.39 is 28.2 Å².